The van der Waals surface area contributed by atoms with Gasteiger partial charge in [-0.3, -0.25) is 4.79 Å². The topological polar surface area (TPSA) is 97.2 Å². The number of rotatable bonds is 7. The average Bonchev–Trinajstić information content (AvgIpc) is 3.47. The van der Waals surface area contributed by atoms with E-state index in [1.54, 1.807) is 23.7 Å². The maximum atomic E-state index is 11.2. The molecule has 0 atom stereocenters. The van der Waals surface area contributed by atoms with Crippen LogP contribution in [0.3, 0.4) is 0 Å². The van der Waals surface area contributed by atoms with Crippen LogP contribution in [0.5, 0.6) is 6.01 Å². The maximum absolute atomic E-state index is 11.2. The van der Waals surface area contributed by atoms with Crippen molar-refractivity contribution < 1.29 is 14.6 Å². The first-order valence-electron chi connectivity index (χ1n) is 9.63. The van der Waals surface area contributed by atoms with Gasteiger partial charge in [-0.2, -0.15) is 0 Å². The molecule has 0 unspecified atom stereocenters. The Morgan fingerprint density at radius 1 is 1.13 bits per heavy atom. The predicted molar refractivity (Wildman–Crippen MR) is 120 cm³/mol. The van der Waals surface area contributed by atoms with Gasteiger partial charge in [0, 0.05) is 23.6 Å². The molecule has 5 rings (SSSR count). The van der Waals surface area contributed by atoms with E-state index in [0.717, 1.165) is 32.2 Å². The third-order valence-corrected chi connectivity index (χ3v) is 6.49. The van der Waals surface area contributed by atoms with Crippen molar-refractivity contribution in [3.05, 3.63) is 59.9 Å². The Kier molecular flexibility index (Phi) is 4.95. The van der Waals surface area contributed by atoms with Gasteiger partial charge in [0.15, 0.2) is 5.13 Å². The molecule has 0 bridgehead atoms. The zero-order chi connectivity index (χ0) is 21.4. The second-order valence-corrected chi connectivity index (χ2v) is 8.87. The lowest BCUT2D eigenvalue weighted by Gasteiger charge is -2.10. The molecule has 2 aromatic carbocycles. The van der Waals surface area contributed by atoms with Gasteiger partial charge in [0.2, 0.25) is 0 Å². The number of aliphatic carboxylic acids is 1. The Labute approximate surface area is 186 Å². The largest absolute Gasteiger partial charge is 0.481 e. The number of ether oxygens (including phenoxy) is 1. The monoisotopic (exact) mass is 452 g/mol. The fraction of sp³-hybridized carbons (Fsp3) is 0.182. The van der Waals surface area contributed by atoms with Crippen LogP contribution in [-0.2, 0) is 4.79 Å². The highest BCUT2D eigenvalue weighted by Crippen LogP contribution is 2.45. The molecule has 7 nitrogen and oxygen atoms in total. The van der Waals surface area contributed by atoms with Crippen LogP contribution in [0.25, 0.3) is 21.3 Å². The van der Waals surface area contributed by atoms with Gasteiger partial charge in [0.05, 0.1) is 9.72 Å². The summed E-state index contributed by atoms with van der Waals surface area (Å²) in [6.45, 7) is 0.0963. The molecule has 31 heavy (non-hydrogen) atoms. The Morgan fingerprint density at radius 3 is 2.52 bits per heavy atom. The smallest absolute Gasteiger partial charge is 0.316 e. The van der Waals surface area contributed by atoms with Crippen molar-refractivity contribution in [2.45, 2.75) is 12.8 Å². The van der Waals surface area contributed by atoms with Crippen molar-refractivity contribution in [1.29, 1.82) is 0 Å². The minimum Gasteiger partial charge on any atom is -0.481 e. The number of thiazole rings is 1. The molecular formula is C22H17ClN4O3S. The Morgan fingerprint density at radius 2 is 1.87 bits per heavy atom. The van der Waals surface area contributed by atoms with Crippen molar-refractivity contribution in [3.63, 3.8) is 0 Å². The number of nitrogens with zero attached hydrogens (tertiary/aromatic N) is 3. The van der Waals surface area contributed by atoms with E-state index in [1.165, 1.54) is 0 Å². The van der Waals surface area contributed by atoms with Crippen molar-refractivity contribution in [1.82, 2.24) is 15.0 Å². The number of halogens is 1. The normalized spacial score (nSPS) is 14.4. The van der Waals surface area contributed by atoms with E-state index in [9.17, 15) is 9.90 Å². The molecule has 0 radical (unpaired) electrons. The zero-order valence-electron chi connectivity index (χ0n) is 16.2. The Bertz CT molecular complexity index is 1250. The molecule has 0 saturated heterocycles. The van der Waals surface area contributed by atoms with Crippen LogP contribution in [0.1, 0.15) is 12.8 Å². The fourth-order valence-electron chi connectivity index (χ4n) is 3.15. The second-order valence-electron chi connectivity index (χ2n) is 7.44. The SMILES string of the molecule is O=C(O)C1(COc2ncc(-c3ccc(Nc4nc5c(Cl)cccc5s4)cc3)cn2)CC1. The number of hydrogen-bond donors (Lipinski definition) is 2. The van der Waals surface area contributed by atoms with Gasteiger partial charge in [-0.25, -0.2) is 15.0 Å². The summed E-state index contributed by atoms with van der Waals surface area (Å²) < 4.78 is 6.51. The maximum Gasteiger partial charge on any atom is 0.316 e. The lowest BCUT2D eigenvalue weighted by Crippen LogP contribution is -2.23. The summed E-state index contributed by atoms with van der Waals surface area (Å²) in [6, 6.07) is 13.8. The number of carboxylic acid groups (broad SMARTS) is 1. The molecule has 2 N–H and O–H groups in total. The van der Waals surface area contributed by atoms with E-state index in [2.05, 4.69) is 20.3 Å². The highest BCUT2D eigenvalue weighted by molar-refractivity contribution is 7.22. The van der Waals surface area contributed by atoms with E-state index in [0.29, 0.717) is 17.9 Å². The number of nitrogens with one attached hydrogen (secondary N) is 1. The van der Waals surface area contributed by atoms with Crippen LogP contribution in [-0.4, -0.2) is 32.6 Å². The number of anilines is 2. The summed E-state index contributed by atoms with van der Waals surface area (Å²) >= 11 is 7.75. The van der Waals surface area contributed by atoms with Gasteiger partial charge in [0.25, 0.3) is 0 Å². The molecule has 1 aliphatic carbocycles. The number of para-hydroxylation sites is 1. The number of carboxylic acids is 1. The molecule has 2 aromatic heterocycles. The van der Waals surface area contributed by atoms with E-state index >= 15 is 0 Å². The molecule has 2 heterocycles. The highest BCUT2D eigenvalue weighted by atomic mass is 35.5. The van der Waals surface area contributed by atoms with Crippen LogP contribution in [0.15, 0.2) is 54.9 Å². The standard InChI is InChI=1S/C22H17ClN4O3S/c23-16-2-1-3-17-18(16)27-21(31-17)26-15-6-4-13(5-7-15)14-10-24-20(25-11-14)30-12-22(8-9-22)19(28)29/h1-7,10-11H,8-9,12H2,(H,26,27)(H,28,29). The molecule has 9 heteroatoms. The first-order chi connectivity index (χ1) is 15.0. The van der Waals surface area contributed by atoms with Gasteiger partial charge in [-0.1, -0.05) is 41.1 Å². The summed E-state index contributed by atoms with van der Waals surface area (Å²) in [5.41, 5.74) is 2.73. The predicted octanol–water partition coefficient (Wildman–Crippen LogP) is 5.39. The lowest BCUT2D eigenvalue weighted by molar-refractivity contribution is -0.144. The summed E-state index contributed by atoms with van der Waals surface area (Å²) in [5.74, 6) is -0.827. The summed E-state index contributed by atoms with van der Waals surface area (Å²) in [7, 11) is 0. The lowest BCUT2D eigenvalue weighted by atomic mass is 10.1. The fourth-order valence-corrected chi connectivity index (χ4v) is 4.34. The molecule has 156 valence electrons. The molecule has 0 spiro atoms. The Balaban J connectivity index is 1.25. The van der Waals surface area contributed by atoms with E-state index in [1.807, 2.05) is 42.5 Å². The van der Waals surface area contributed by atoms with Gasteiger partial charge < -0.3 is 15.2 Å². The van der Waals surface area contributed by atoms with Gasteiger partial charge in [-0.15, -0.1) is 0 Å². The summed E-state index contributed by atoms with van der Waals surface area (Å²) in [5, 5.41) is 13.9. The summed E-state index contributed by atoms with van der Waals surface area (Å²) in [6.07, 6.45) is 4.59. The molecule has 1 fully saturated rings. The second kappa shape index (κ2) is 7.79. The number of fused-ring (bicyclic) bond motifs is 1. The van der Waals surface area contributed by atoms with Crippen LogP contribution < -0.4 is 10.1 Å². The number of aromatic nitrogens is 3. The first-order valence-corrected chi connectivity index (χ1v) is 10.8. The minimum atomic E-state index is -0.827. The quantitative estimate of drug-likeness (QED) is 0.387. The molecule has 4 aromatic rings. The summed E-state index contributed by atoms with van der Waals surface area (Å²) in [4.78, 5) is 24.2. The van der Waals surface area contributed by atoms with Gasteiger partial charge >= 0.3 is 12.0 Å². The van der Waals surface area contributed by atoms with Crippen LogP contribution in [0, 0.1) is 5.41 Å². The van der Waals surface area contributed by atoms with Crippen LogP contribution in [0.4, 0.5) is 10.8 Å². The van der Waals surface area contributed by atoms with E-state index in [-0.39, 0.29) is 12.6 Å². The third kappa shape index (κ3) is 4.04. The number of hydrogen-bond acceptors (Lipinski definition) is 7. The van der Waals surface area contributed by atoms with E-state index < -0.39 is 11.4 Å². The number of carbonyl (C=O) groups is 1. The molecule has 0 aliphatic heterocycles. The van der Waals surface area contributed by atoms with Gasteiger partial charge in [0.1, 0.15) is 17.5 Å². The van der Waals surface area contributed by atoms with E-state index in [4.69, 9.17) is 16.3 Å². The van der Waals surface area contributed by atoms with Gasteiger partial charge in [-0.05, 0) is 42.7 Å². The zero-order valence-corrected chi connectivity index (χ0v) is 17.8. The minimum absolute atomic E-state index is 0.0963. The van der Waals surface area contributed by atoms with Crippen molar-refractivity contribution >= 4 is 49.9 Å². The van der Waals surface area contributed by atoms with Crippen molar-refractivity contribution in [3.8, 4) is 17.1 Å². The molecule has 1 saturated carbocycles. The molecule has 0 amide bonds. The number of benzene rings is 2. The molecular weight excluding hydrogens is 436 g/mol. The third-order valence-electron chi connectivity index (χ3n) is 5.25. The average molecular weight is 453 g/mol. The van der Waals surface area contributed by atoms with Crippen molar-refractivity contribution in [2.24, 2.45) is 5.41 Å². The van der Waals surface area contributed by atoms with Crippen molar-refractivity contribution in [2.75, 3.05) is 11.9 Å². The Hall–Kier alpha value is -3.23. The first kappa shape index (κ1) is 19.7. The van der Waals surface area contributed by atoms with Crippen LogP contribution >= 0.6 is 22.9 Å². The molecule has 1 aliphatic rings. The highest BCUT2D eigenvalue weighted by Gasteiger charge is 2.51. The van der Waals surface area contributed by atoms with Crippen LogP contribution in [0.2, 0.25) is 5.02 Å².